The van der Waals surface area contributed by atoms with Crippen molar-refractivity contribution in [3.63, 3.8) is 0 Å². The lowest BCUT2D eigenvalue weighted by Gasteiger charge is -2.20. The van der Waals surface area contributed by atoms with Crippen molar-refractivity contribution in [1.29, 1.82) is 0 Å². The van der Waals surface area contributed by atoms with Crippen LogP contribution in [0.4, 0.5) is 28.6 Å². The summed E-state index contributed by atoms with van der Waals surface area (Å²) < 4.78 is 1.50. The minimum atomic E-state index is -0.326. The summed E-state index contributed by atoms with van der Waals surface area (Å²) in [6.07, 6.45) is 2.11. The number of aromatic nitrogens is 2. The van der Waals surface area contributed by atoms with Gasteiger partial charge in [0.2, 0.25) is 0 Å². The number of nitrogen functional groups attached to an aromatic ring is 2. The fourth-order valence-electron chi connectivity index (χ4n) is 3.77. The molecule has 6 N–H and O–H groups in total. The first-order chi connectivity index (χ1) is 14.3. The van der Waals surface area contributed by atoms with Gasteiger partial charge in [0.05, 0.1) is 23.2 Å². The second kappa shape index (κ2) is 7.72. The molecule has 0 saturated carbocycles. The third kappa shape index (κ3) is 3.69. The minimum absolute atomic E-state index is 0.209. The van der Waals surface area contributed by atoms with E-state index in [-0.39, 0.29) is 17.5 Å². The lowest BCUT2D eigenvalue weighted by molar-refractivity contribution is 0.198. The van der Waals surface area contributed by atoms with E-state index in [2.05, 4.69) is 15.2 Å². The van der Waals surface area contributed by atoms with E-state index in [4.69, 9.17) is 11.5 Å². The fraction of sp³-hybridized carbons (Fsp3) is 0.273. The summed E-state index contributed by atoms with van der Waals surface area (Å²) in [6, 6.07) is 11.2. The Balaban J connectivity index is 1.66. The lowest BCUT2D eigenvalue weighted by atomic mass is 10.0. The monoisotopic (exact) mass is 406 g/mol. The van der Waals surface area contributed by atoms with Gasteiger partial charge in [0.25, 0.3) is 5.56 Å². The highest BCUT2D eigenvalue weighted by Gasteiger charge is 2.22. The Kier molecular flexibility index (Phi) is 5.09. The molecule has 1 saturated heterocycles. The summed E-state index contributed by atoms with van der Waals surface area (Å²) >= 11 is 0. The highest BCUT2D eigenvalue weighted by Crippen LogP contribution is 2.31. The van der Waals surface area contributed by atoms with E-state index in [0.29, 0.717) is 29.3 Å². The van der Waals surface area contributed by atoms with Gasteiger partial charge in [0.1, 0.15) is 0 Å². The highest BCUT2D eigenvalue weighted by molar-refractivity contribution is 5.75. The molecule has 0 spiro atoms. The molecule has 1 aliphatic heterocycles. The Morgan fingerprint density at radius 1 is 1.20 bits per heavy atom. The number of nitrogens with zero attached hydrogens (tertiary/aromatic N) is 3. The molecule has 156 valence electrons. The molecule has 8 heteroatoms. The first kappa shape index (κ1) is 19.8. The average Bonchev–Trinajstić information content (AvgIpc) is 3.13. The van der Waals surface area contributed by atoms with Gasteiger partial charge < -0.3 is 31.4 Å². The highest BCUT2D eigenvalue weighted by atomic mass is 16.3. The number of nitrogens with two attached hydrogens (primary N) is 2. The largest absolute Gasteiger partial charge is 0.398 e. The number of aryl methyl sites for hydroxylation is 1. The van der Waals surface area contributed by atoms with E-state index in [1.807, 2.05) is 37.3 Å². The van der Waals surface area contributed by atoms with Crippen molar-refractivity contribution in [2.24, 2.45) is 7.05 Å². The summed E-state index contributed by atoms with van der Waals surface area (Å²) in [5.74, 6) is 0.209. The molecule has 3 aromatic rings. The molecular formula is C22H26N6O2. The van der Waals surface area contributed by atoms with Gasteiger partial charge in [-0.2, -0.15) is 0 Å². The maximum absolute atomic E-state index is 12.7. The molecule has 30 heavy (non-hydrogen) atoms. The zero-order valence-corrected chi connectivity index (χ0v) is 17.1. The van der Waals surface area contributed by atoms with Gasteiger partial charge in [0, 0.05) is 43.3 Å². The van der Waals surface area contributed by atoms with Crippen LogP contribution in [0.1, 0.15) is 12.0 Å². The molecule has 4 rings (SSSR count). The van der Waals surface area contributed by atoms with Gasteiger partial charge in [-0.25, -0.2) is 4.98 Å². The third-order valence-corrected chi connectivity index (χ3v) is 5.52. The maximum Gasteiger partial charge on any atom is 0.293 e. The second-order valence-electron chi connectivity index (χ2n) is 7.70. The lowest BCUT2D eigenvalue weighted by Crippen LogP contribution is -2.23. The number of nitrogens with one attached hydrogen (secondary N) is 1. The summed E-state index contributed by atoms with van der Waals surface area (Å²) in [5, 5.41) is 12.9. The van der Waals surface area contributed by atoms with Crippen molar-refractivity contribution >= 4 is 28.6 Å². The van der Waals surface area contributed by atoms with Crippen molar-refractivity contribution in [3.05, 3.63) is 58.5 Å². The number of β-amino-alcohol motifs (C(OH)–C–C–N with tert-alkyl or cyclic N) is 1. The summed E-state index contributed by atoms with van der Waals surface area (Å²) in [5.41, 5.74) is 17.3. The quantitative estimate of drug-likeness (QED) is 0.490. The molecular weight excluding hydrogens is 380 g/mol. The van der Waals surface area contributed by atoms with Crippen LogP contribution in [0.15, 0.2) is 47.4 Å². The van der Waals surface area contributed by atoms with Crippen LogP contribution in [0.5, 0.6) is 0 Å². The number of anilines is 5. The van der Waals surface area contributed by atoms with Gasteiger partial charge in [-0.15, -0.1) is 0 Å². The second-order valence-corrected chi connectivity index (χ2v) is 7.70. The van der Waals surface area contributed by atoms with E-state index < -0.39 is 0 Å². The molecule has 0 aliphatic carbocycles. The third-order valence-electron chi connectivity index (χ3n) is 5.52. The van der Waals surface area contributed by atoms with Crippen LogP contribution in [0, 0.1) is 6.92 Å². The predicted octanol–water partition coefficient (Wildman–Crippen LogP) is 2.23. The van der Waals surface area contributed by atoms with E-state index in [9.17, 15) is 9.90 Å². The summed E-state index contributed by atoms with van der Waals surface area (Å²) in [7, 11) is 1.69. The van der Waals surface area contributed by atoms with Crippen LogP contribution < -0.4 is 27.2 Å². The standard InChI is InChI=1S/C22H26N6O2/c1-13-16(4-3-5-17(13)23)19-12-27(2)22(30)21(26-19)25-14-6-7-20(18(24)10-14)28-9-8-15(29)11-28/h3-7,10,12,15,29H,8-9,11,23-24H2,1-2H3,(H,25,26). The topological polar surface area (TPSA) is 122 Å². The summed E-state index contributed by atoms with van der Waals surface area (Å²) in [4.78, 5) is 19.3. The molecule has 1 unspecified atom stereocenters. The van der Waals surface area contributed by atoms with Gasteiger partial charge in [-0.3, -0.25) is 4.79 Å². The molecule has 2 heterocycles. The molecule has 0 radical (unpaired) electrons. The molecule has 1 atom stereocenters. The van der Waals surface area contributed by atoms with Crippen LogP contribution in [-0.2, 0) is 7.05 Å². The smallest absolute Gasteiger partial charge is 0.293 e. The predicted molar refractivity (Wildman–Crippen MR) is 121 cm³/mol. The number of aliphatic hydroxyl groups is 1. The van der Waals surface area contributed by atoms with Crippen molar-refractivity contribution < 1.29 is 5.11 Å². The van der Waals surface area contributed by atoms with Crippen LogP contribution in [-0.4, -0.2) is 33.9 Å². The molecule has 0 bridgehead atoms. The Bertz CT molecular complexity index is 1160. The van der Waals surface area contributed by atoms with Crippen LogP contribution in [0.2, 0.25) is 0 Å². The number of aliphatic hydroxyl groups excluding tert-OH is 1. The molecule has 1 aromatic heterocycles. The van der Waals surface area contributed by atoms with E-state index in [1.165, 1.54) is 4.57 Å². The van der Waals surface area contributed by atoms with E-state index in [0.717, 1.165) is 29.8 Å². The summed E-state index contributed by atoms with van der Waals surface area (Å²) in [6.45, 7) is 3.27. The molecule has 2 aromatic carbocycles. The normalized spacial score (nSPS) is 16.1. The van der Waals surface area contributed by atoms with E-state index in [1.54, 1.807) is 19.3 Å². The average molecular weight is 406 g/mol. The first-order valence-corrected chi connectivity index (χ1v) is 9.86. The zero-order valence-electron chi connectivity index (χ0n) is 17.1. The van der Waals surface area contributed by atoms with Crippen LogP contribution in [0.3, 0.4) is 0 Å². The van der Waals surface area contributed by atoms with Crippen molar-refractivity contribution in [2.75, 3.05) is 34.8 Å². The Hall–Kier alpha value is -3.52. The van der Waals surface area contributed by atoms with Crippen LogP contribution in [0.25, 0.3) is 11.3 Å². The molecule has 1 fully saturated rings. The zero-order chi connectivity index (χ0) is 21.4. The fourth-order valence-corrected chi connectivity index (χ4v) is 3.77. The Morgan fingerprint density at radius 2 is 2.00 bits per heavy atom. The number of hydrogen-bond acceptors (Lipinski definition) is 7. The number of benzene rings is 2. The SMILES string of the molecule is Cc1c(N)cccc1-c1cn(C)c(=O)c(Nc2ccc(N3CCC(O)C3)c(N)c2)n1. The van der Waals surface area contributed by atoms with Gasteiger partial charge in [-0.05, 0) is 43.2 Å². The van der Waals surface area contributed by atoms with Crippen molar-refractivity contribution in [3.8, 4) is 11.3 Å². The number of rotatable bonds is 4. The molecule has 8 nitrogen and oxygen atoms in total. The van der Waals surface area contributed by atoms with E-state index >= 15 is 0 Å². The van der Waals surface area contributed by atoms with Gasteiger partial charge in [-0.1, -0.05) is 12.1 Å². The first-order valence-electron chi connectivity index (χ1n) is 9.86. The van der Waals surface area contributed by atoms with Crippen molar-refractivity contribution in [1.82, 2.24) is 9.55 Å². The molecule has 0 amide bonds. The Labute approximate surface area is 174 Å². The number of hydrogen-bond donors (Lipinski definition) is 4. The Morgan fingerprint density at radius 3 is 2.70 bits per heavy atom. The van der Waals surface area contributed by atoms with Gasteiger partial charge in [0.15, 0.2) is 5.82 Å². The van der Waals surface area contributed by atoms with Crippen molar-refractivity contribution in [2.45, 2.75) is 19.4 Å². The van der Waals surface area contributed by atoms with Crippen LogP contribution >= 0.6 is 0 Å². The maximum atomic E-state index is 12.7. The minimum Gasteiger partial charge on any atom is -0.398 e. The van der Waals surface area contributed by atoms with Gasteiger partial charge >= 0.3 is 0 Å². The molecule has 1 aliphatic rings.